The summed E-state index contributed by atoms with van der Waals surface area (Å²) in [7, 11) is 3.49. The van der Waals surface area contributed by atoms with Gasteiger partial charge >= 0.3 is 7.32 Å². The van der Waals surface area contributed by atoms with Gasteiger partial charge in [0.2, 0.25) is 0 Å². The van der Waals surface area contributed by atoms with Crippen molar-refractivity contribution in [2.24, 2.45) is 0 Å². The molecule has 0 saturated carbocycles. The van der Waals surface area contributed by atoms with E-state index in [1.54, 1.807) is 0 Å². The summed E-state index contributed by atoms with van der Waals surface area (Å²) in [4.78, 5) is 2.10. The SMILES string of the molecule is CN(C)CCOc1ccc(/C(=C(\c2ccccc2)C23COB(O2)O3)c2ccccc2)cc1. The molecule has 32 heavy (non-hydrogen) atoms. The fourth-order valence-corrected chi connectivity index (χ4v) is 4.11. The molecule has 3 aliphatic heterocycles. The average molecular weight is 427 g/mol. The Morgan fingerprint density at radius 1 is 0.844 bits per heavy atom. The Hall–Kier alpha value is -2.90. The molecule has 3 saturated heterocycles. The second-order valence-corrected chi connectivity index (χ2v) is 8.25. The van der Waals surface area contributed by atoms with E-state index in [4.69, 9.17) is 18.7 Å². The number of nitrogens with zero attached hydrogens (tertiary/aromatic N) is 1. The minimum Gasteiger partial charge on any atom is -0.492 e. The number of likely N-dealkylation sites (N-methyl/N-ethyl adjacent to an activating group) is 1. The van der Waals surface area contributed by atoms with Gasteiger partial charge in [0, 0.05) is 12.1 Å². The van der Waals surface area contributed by atoms with Gasteiger partial charge in [0.1, 0.15) is 12.4 Å². The van der Waals surface area contributed by atoms with Crippen molar-refractivity contribution in [3.8, 4) is 5.75 Å². The lowest BCUT2D eigenvalue weighted by atomic mass is 9.84. The minimum absolute atomic E-state index is 0.365. The lowest BCUT2D eigenvalue weighted by Crippen LogP contribution is -2.50. The van der Waals surface area contributed by atoms with Gasteiger partial charge in [-0.15, -0.1) is 0 Å². The number of hydrogen-bond acceptors (Lipinski definition) is 5. The number of hydrogen-bond donors (Lipinski definition) is 0. The van der Waals surface area contributed by atoms with Crippen LogP contribution in [0.3, 0.4) is 0 Å². The number of rotatable bonds is 8. The molecule has 3 heterocycles. The zero-order valence-corrected chi connectivity index (χ0v) is 18.4. The molecule has 0 spiro atoms. The molecule has 0 unspecified atom stereocenters. The quantitative estimate of drug-likeness (QED) is 0.395. The van der Waals surface area contributed by atoms with Crippen LogP contribution >= 0.6 is 0 Å². The van der Waals surface area contributed by atoms with Crippen molar-refractivity contribution in [1.29, 1.82) is 0 Å². The monoisotopic (exact) mass is 427 g/mol. The smallest absolute Gasteiger partial charge is 0.492 e. The Bertz CT molecular complexity index is 1070. The van der Waals surface area contributed by atoms with Crippen LogP contribution in [-0.4, -0.2) is 51.9 Å². The van der Waals surface area contributed by atoms with Crippen molar-refractivity contribution in [3.63, 3.8) is 0 Å². The number of fused-ring (bicyclic) bond motifs is 1. The third kappa shape index (κ3) is 4.10. The molecule has 0 atom stereocenters. The minimum atomic E-state index is -0.905. The van der Waals surface area contributed by atoms with E-state index >= 15 is 0 Å². The Labute approximate surface area is 189 Å². The van der Waals surface area contributed by atoms with E-state index in [0.717, 1.165) is 40.1 Å². The third-order valence-electron chi connectivity index (χ3n) is 5.69. The second-order valence-electron chi connectivity index (χ2n) is 8.25. The summed E-state index contributed by atoms with van der Waals surface area (Å²) in [6.07, 6.45) is 0. The molecule has 3 fully saturated rings. The molecular weight excluding hydrogens is 401 g/mol. The predicted molar refractivity (Wildman–Crippen MR) is 126 cm³/mol. The maximum atomic E-state index is 6.05. The van der Waals surface area contributed by atoms with Gasteiger partial charge in [0.15, 0.2) is 5.79 Å². The highest BCUT2D eigenvalue weighted by Crippen LogP contribution is 2.49. The largest absolute Gasteiger partial charge is 0.644 e. The van der Waals surface area contributed by atoms with Crippen LogP contribution in [-0.2, 0) is 14.0 Å². The van der Waals surface area contributed by atoms with E-state index in [2.05, 4.69) is 41.3 Å². The second kappa shape index (κ2) is 8.92. The number of ether oxygens (including phenoxy) is 1. The van der Waals surface area contributed by atoms with Gasteiger partial charge in [-0.1, -0.05) is 72.8 Å². The first-order chi connectivity index (χ1) is 15.6. The molecule has 162 valence electrons. The van der Waals surface area contributed by atoms with E-state index in [0.29, 0.717) is 13.2 Å². The van der Waals surface area contributed by atoms with Crippen LogP contribution in [0, 0.1) is 0 Å². The van der Waals surface area contributed by atoms with E-state index in [1.165, 1.54) is 0 Å². The number of benzene rings is 3. The van der Waals surface area contributed by atoms with Gasteiger partial charge in [-0.05, 0) is 48.5 Å². The predicted octanol–water partition coefficient (Wildman–Crippen LogP) is 4.34. The summed E-state index contributed by atoms with van der Waals surface area (Å²) in [5.41, 5.74) is 5.22. The highest BCUT2D eigenvalue weighted by molar-refractivity contribution is 6.41. The first-order valence-electron chi connectivity index (χ1n) is 10.9. The lowest BCUT2D eigenvalue weighted by molar-refractivity contribution is -0.135. The molecule has 0 amide bonds. The van der Waals surface area contributed by atoms with Gasteiger partial charge in [-0.2, -0.15) is 0 Å². The van der Waals surface area contributed by atoms with Gasteiger partial charge in [0.05, 0.1) is 6.61 Å². The third-order valence-corrected chi connectivity index (χ3v) is 5.69. The molecule has 5 nitrogen and oxygen atoms in total. The van der Waals surface area contributed by atoms with Gasteiger partial charge in [-0.25, -0.2) is 0 Å². The van der Waals surface area contributed by atoms with Crippen molar-refractivity contribution in [2.45, 2.75) is 5.79 Å². The van der Waals surface area contributed by atoms with Crippen LogP contribution in [0.1, 0.15) is 16.7 Å². The van der Waals surface area contributed by atoms with Crippen molar-refractivity contribution < 1.29 is 18.7 Å². The van der Waals surface area contributed by atoms with E-state index in [-0.39, 0.29) is 0 Å². The zero-order valence-electron chi connectivity index (χ0n) is 18.4. The fourth-order valence-electron chi connectivity index (χ4n) is 4.11. The fraction of sp³-hybridized carbons (Fsp3) is 0.231. The Kier molecular flexibility index (Phi) is 5.85. The molecule has 6 rings (SSSR count). The van der Waals surface area contributed by atoms with Crippen LogP contribution in [0.15, 0.2) is 84.9 Å². The maximum absolute atomic E-state index is 6.05. The summed E-state index contributed by atoms with van der Waals surface area (Å²) < 4.78 is 23.6. The summed E-state index contributed by atoms with van der Waals surface area (Å²) in [6.45, 7) is 1.88. The standard InChI is InChI=1S/C26H26BNO4/c1-28(2)17-18-29-23-15-13-21(14-16-23)24(20-9-5-3-6-10-20)25(22-11-7-4-8-12-22)26-19-30-27(31-26)32-26/h3-16H,17-19H2,1-2H3/b25-24+. The first-order valence-corrected chi connectivity index (χ1v) is 10.9. The lowest BCUT2D eigenvalue weighted by Gasteiger charge is -2.38. The topological polar surface area (TPSA) is 40.2 Å². The Morgan fingerprint density at radius 2 is 1.44 bits per heavy atom. The van der Waals surface area contributed by atoms with Gasteiger partial charge in [0.25, 0.3) is 0 Å². The van der Waals surface area contributed by atoms with Gasteiger partial charge < -0.3 is 23.6 Å². The summed E-state index contributed by atoms with van der Waals surface area (Å²) in [5.74, 6) is -0.0548. The zero-order chi connectivity index (χ0) is 22.0. The van der Waals surface area contributed by atoms with Crippen molar-refractivity contribution in [2.75, 3.05) is 33.9 Å². The highest BCUT2D eigenvalue weighted by atomic mass is 16.9. The molecule has 0 aromatic heterocycles. The molecule has 0 aliphatic carbocycles. The molecule has 3 aliphatic rings. The molecule has 2 bridgehead atoms. The van der Waals surface area contributed by atoms with Crippen LogP contribution in [0.5, 0.6) is 5.75 Å². The van der Waals surface area contributed by atoms with Crippen LogP contribution < -0.4 is 4.74 Å². The molecule has 6 heteroatoms. The van der Waals surface area contributed by atoms with Crippen molar-refractivity contribution in [3.05, 3.63) is 102 Å². The Balaban J connectivity index is 1.61. The summed E-state index contributed by atoms with van der Waals surface area (Å²) in [6, 6.07) is 28.8. The van der Waals surface area contributed by atoms with Crippen molar-refractivity contribution in [1.82, 2.24) is 4.90 Å². The molecular formula is C26H26BNO4. The van der Waals surface area contributed by atoms with Gasteiger partial charge in [-0.3, -0.25) is 0 Å². The van der Waals surface area contributed by atoms with Crippen LogP contribution in [0.4, 0.5) is 0 Å². The van der Waals surface area contributed by atoms with Crippen LogP contribution in [0.25, 0.3) is 11.1 Å². The van der Waals surface area contributed by atoms with Crippen molar-refractivity contribution >= 4 is 18.5 Å². The van der Waals surface area contributed by atoms with E-state index in [9.17, 15) is 0 Å². The average Bonchev–Trinajstić information content (AvgIpc) is 3.41. The molecule has 0 N–H and O–H groups in total. The highest BCUT2D eigenvalue weighted by Gasteiger charge is 2.63. The van der Waals surface area contributed by atoms with E-state index < -0.39 is 13.1 Å². The maximum Gasteiger partial charge on any atom is 0.644 e. The normalized spacial score (nSPS) is 17.2. The molecule has 3 aromatic rings. The van der Waals surface area contributed by atoms with Crippen LogP contribution in [0.2, 0.25) is 0 Å². The summed E-state index contributed by atoms with van der Waals surface area (Å²) >= 11 is 0. The Morgan fingerprint density at radius 3 is 2.00 bits per heavy atom. The molecule has 0 radical (unpaired) electrons. The molecule has 3 aromatic carbocycles. The first kappa shape index (κ1) is 21.0. The summed E-state index contributed by atoms with van der Waals surface area (Å²) in [5, 5.41) is 0. The van der Waals surface area contributed by atoms with E-state index in [1.807, 2.05) is 62.6 Å².